The maximum atomic E-state index is 6.66. The largest absolute Gasteiger partial charge is 0.509 e. The molecule has 1 aliphatic heterocycles. The van der Waals surface area contributed by atoms with E-state index in [1.807, 2.05) is 24.4 Å². The molecule has 5 nitrogen and oxygen atoms in total. The van der Waals surface area contributed by atoms with Crippen LogP contribution in [0.4, 0.5) is 22.7 Å². The van der Waals surface area contributed by atoms with E-state index in [4.69, 9.17) is 9.72 Å². The van der Waals surface area contributed by atoms with Gasteiger partial charge in [0.15, 0.2) is 0 Å². The van der Waals surface area contributed by atoms with Crippen LogP contribution in [0.3, 0.4) is 0 Å². The summed E-state index contributed by atoms with van der Waals surface area (Å²) in [6, 6.07) is 54.5. The Morgan fingerprint density at radius 1 is 0.567 bits per heavy atom. The molecule has 8 aromatic rings. The Hall–Kier alpha value is -5.64. The summed E-state index contributed by atoms with van der Waals surface area (Å²) in [6.45, 7) is 22.6. The normalized spacial score (nSPS) is 13.2. The van der Waals surface area contributed by atoms with Gasteiger partial charge in [0, 0.05) is 66.9 Å². The van der Waals surface area contributed by atoms with Gasteiger partial charge in [-0.25, -0.2) is 4.98 Å². The molecule has 0 aliphatic carbocycles. The van der Waals surface area contributed by atoms with Crippen molar-refractivity contribution in [2.45, 2.75) is 78.6 Å². The third kappa shape index (κ3) is 7.54. The van der Waals surface area contributed by atoms with Crippen LogP contribution in [0.5, 0.6) is 11.5 Å². The van der Waals surface area contributed by atoms with E-state index >= 15 is 0 Å². The van der Waals surface area contributed by atoms with Crippen LogP contribution in [-0.2, 0) is 37.3 Å². The Morgan fingerprint density at radius 3 is 2.02 bits per heavy atom. The van der Waals surface area contributed by atoms with Gasteiger partial charge >= 0.3 is 0 Å². The average Bonchev–Trinajstić information content (AvgIpc) is 3.76. The first-order valence-corrected chi connectivity index (χ1v) is 20.5. The van der Waals surface area contributed by atoms with Gasteiger partial charge in [-0.05, 0) is 74.2 Å². The number of hydrogen-bond donors (Lipinski definition) is 0. The van der Waals surface area contributed by atoms with Crippen LogP contribution in [0, 0.1) is 18.8 Å². The molecule has 0 saturated heterocycles. The van der Waals surface area contributed by atoms with Crippen molar-refractivity contribution < 1.29 is 25.8 Å². The van der Waals surface area contributed by atoms with Crippen LogP contribution in [0.15, 0.2) is 140 Å². The molecule has 3 heterocycles. The number of rotatable bonds is 6. The number of aromatic nitrogens is 2. The number of ether oxygens (including phenoxy) is 1. The summed E-state index contributed by atoms with van der Waals surface area (Å²) >= 11 is 0. The molecule has 0 bridgehead atoms. The second kappa shape index (κ2) is 15.4. The molecule has 1 aliphatic rings. The molecule has 0 unspecified atom stereocenters. The Morgan fingerprint density at radius 2 is 1.27 bits per heavy atom. The molecule has 9 rings (SSSR count). The molecule has 6 heteroatoms. The van der Waals surface area contributed by atoms with Crippen LogP contribution in [0.25, 0.3) is 38.8 Å². The second-order valence-corrected chi connectivity index (χ2v) is 18.7. The third-order valence-corrected chi connectivity index (χ3v) is 11.4. The molecule has 0 radical (unpaired) electrons. The molecule has 0 amide bonds. The molecular formula is C54H51N4OPt-3. The minimum absolute atomic E-state index is 0. The first kappa shape index (κ1) is 41.1. The summed E-state index contributed by atoms with van der Waals surface area (Å²) in [4.78, 5) is 9.49. The van der Waals surface area contributed by atoms with Gasteiger partial charge in [0.05, 0.1) is 0 Å². The predicted molar refractivity (Wildman–Crippen MR) is 246 cm³/mol. The number of para-hydroxylation sites is 2. The van der Waals surface area contributed by atoms with Crippen LogP contribution >= 0.6 is 0 Å². The summed E-state index contributed by atoms with van der Waals surface area (Å²) in [6.07, 6.45) is 1.90. The average molecular weight is 967 g/mol. The Bertz CT molecular complexity index is 2860. The number of hydrogen-bond acceptors (Lipinski definition) is 4. The van der Waals surface area contributed by atoms with Crippen molar-refractivity contribution in [2.24, 2.45) is 0 Å². The van der Waals surface area contributed by atoms with Gasteiger partial charge in [-0.2, -0.15) is 12.1 Å². The molecule has 0 saturated carbocycles. The fourth-order valence-electron chi connectivity index (χ4n) is 8.19. The van der Waals surface area contributed by atoms with Gasteiger partial charge in [-0.15, -0.1) is 48.1 Å². The summed E-state index contributed by atoms with van der Waals surface area (Å²) in [5.74, 6) is 2.07. The van der Waals surface area contributed by atoms with Gasteiger partial charge in [-0.3, -0.25) is 0 Å². The number of benzene rings is 6. The first-order valence-electron chi connectivity index (χ1n) is 20.5. The van der Waals surface area contributed by atoms with Crippen molar-refractivity contribution in [3.8, 4) is 28.4 Å². The molecule has 0 atom stereocenters. The fraction of sp³-hybridized carbons (Fsp3) is 0.222. The molecule has 0 N–H and O–H groups in total. The third-order valence-electron chi connectivity index (χ3n) is 11.4. The Balaban J connectivity index is 0.00000499. The standard InChI is InChI=1S/C54H51N4O.Pt/c1-52(2,3)37-25-27-42(36-17-11-10-12-18-36)48(31-37)57-35-56(47-24-16-22-45(51(47)57)54(7,8)9)39-19-15-20-40(33-39)59-41-26-28-44-43-21-13-14-23-46(43)58(49(44)34-41)50-32-38(29-30-55-50)53(4,5)6;/h10-32,35H,1-9H3;/q-3;. The van der Waals surface area contributed by atoms with Crippen molar-refractivity contribution >= 4 is 44.6 Å². The number of nitrogens with zero attached hydrogens (tertiary/aromatic N) is 4. The van der Waals surface area contributed by atoms with Crippen LogP contribution in [0.2, 0.25) is 0 Å². The van der Waals surface area contributed by atoms with E-state index < -0.39 is 0 Å². The molecule has 2 aromatic heterocycles. The van der Waals surface area contributed by atoms with Gasteiger partial charge in [0.2, 0.25) is 0 Å². The van der Waals surface area contributed by atoms with E-state index in [1.165, 1.54) is 33.5 Å². The second-order valence-electron chi connectivity index (χ2n) is 18.7. The number of fused-ring (bicyclic) bond motifs is 4. The molecular weight excluding hydrogens is 916 g/mol. The van der Waals surface area contributed by atoms with Crippen molar-refractivity contribution in [2.75, 3.05) is 9.80 Å². The smallest absolute Gasteiger partial charge is 0.135 e. The predicted octanol–water partition coefficient (Wildman–Crippen LogP) is 14.5. The maximum Gasteiger partial charge on any atom is 0.135 e. The zero-order valence-corrected chi connectivity index (χ0v) is 38.1. The van der Waals surface area contributed by atoms with E-state index in [-0.39, 0.29) is 37.3 Å². The summed E-state index contributed by atoms with van der Waals surface area (Å²) in [5.41, 5.74) is 12.2. The van der Waals surface area contributed by atoms with Crippen molar-refractivity contribution in [1.29, 1.82) is 0 Å². The van der Waals surface area contributed by atoms with Crippen molar-refractivity contribution in [3.63, 3.8) is 0 Å². The van der Waals surface area contributed by atoms with Crippen molar-refractivity contribution in [3.05, 3.63) is 175 Å². The van der Waals surface area contributed by atoms with E-state index in [0.29, 0.717) is 11.5 Å². The van der Waals surface area contributed by atoms with E-state index in [2.05, 4.69) is 211 Å². The zero-order valence-electron chi connectivity index (χ0n) is 35.9. The van der Waals surface area contributed by atoms with Gasteiger partial charge in [-0.1, -0.05) is 141 Å². The quantitative estimate of drug-likeness (QED) is 0.156. The molecule has 0 fully saturated rings. The van der Waals surface area contributed by atoms with E-state index in [1.54, 1.807) is 0 Å². The van der Waals surface area contributed by atoms with E-state index in [9.17, 15) is 0 Å². The minimum Gasteiger partial charge on any atom is -0.509 e. The minimum atomic E-state index is -0.114. The number of pyridine rings is 1. The molecule has 0 spiro atoms. The first-order chi connectivity index (χ1) is 28.1. The van der Waals surface area contributed by atoms with Gasteiger partial charge < -0.3 is 19.1 Å². The summed E-state index contributed by atoms with van der Waals surface area (Å²) in [5, 5.41) is 2.24. The SMILES string of the molecule is CC(C)(C)c1ccnc(-n2c3[c-]c(Oc4[c-]c(N5[CH-]N(c6cc(C(C)(C)C)ccc6-c6ccccc6)c6c5cccc6C(C)(C)C)ccc4)ccc3c3ccccc32)c1.[Pt]. The van der Waals surface area contributed by atoms with Gasteiger partial charge in [0.1, 0.15) is 5.82 Å². The molecule has 6 aromatic carbocycles. The van der Waals surface area contributed by atoms with Crippen LogP contribution in [0.1, 0.15) is 79.0 Å². The molecule has 306 valence electrons. The summed E-state index contributed by atoms with van der Waals surface area (Å²) in [7, 11) is 0. The van der Waals surface area contributed by atoms with Gasteiger partial charge in [0.25, 0.3) is 0 Å². The topological polar surface area (TPSA) is 33.5 Å². The van der Waals surface area contributed by atoms with Crippen LogP contribution in [-0.4, -0.2) is 9.55 Å². The van der Waals surface area contributed by atoms with E-state index in [0.717, 1.165) is 44.7 Å². The zero-order chi connectivity index (χ0) is 41.3. The fourth-order valence-corrected chi connectivity index (χ4v) is 8.19. The Kier molecular flexibility index (Phi) is 10.6. The maximum absolute atomic E-state index is 6.66. The van der Waals surface area contributed by atoms with Crippen molar-refractivity contribution in [1.82, 2.24) is 9.55 Å². The molecule has 60 heavy (non-hydrogen) atoms. The monoisotopic (exact) mass is 966 g/mol. The number of anilines is 4. The summed E-state index contributed by atoms with van der Waals surface area (Å²) < 4.78 is 8.86. The Labute approximate surface area is 369 Å². The van der Waals surface area contributed by atoms with Crippen LogP contribution < -0.4 is 14.5 Å².